The largest absolute Gasteiger partial charge is 0.348 e. The molecule has 1 amide bonds. The van der Waals surface area contributed by atoms with Crippen LogP contribution in [0.15, 0.2) is 48.5 Å². The summed E-state index contributed by atoms with van der Waals surface area (Å²) in [6.45, 7) is 2.45. The second-order valence-electron chi connectivity index (χ2n) is 5.39. The summed E-state index contributed by atoms with van der Waals surface area (Å²) in [4.78, 5) is 12.2. The van der Waals surface area contributed by atoms with E-state index in [9.17, 15) is 13.2 Å². The summed E-state index contributed by atoms with van der Waals surface area (Å²) in [6, 6.07) is 14.3. The van der Waals surface area contributed by atoms with Gasteiger partial charge in [-0.3, -0.25) is 9.10 Å². The Labute approximate surface area is 137 Å². The molecule has 6 heteroatoms. The maximum atomic E-state index is 12.2. The number of anilines is 1. The van der Waals surface area contributed by atoms with Gasteiger partial charge in [-0.2, -0.15) is 0 Å². The fourth-order valence-corrected chi connectivity index (χ4v) is 2.60. The quantitative estimate of drug-likeness (QED) is 0.914. The minimum atomic E-state index is -3.31. The van der Waals surface area contributed by atoms with Crippen LogP contribution in [-0.2, 0) is 16.6 Å². The van der Waals surface area contributed by atoms with Crippen molar-refractivity contribution in [2.45, 2.75) is 13.5 Å². The molecule has 23 heavy (non-hydrogen) atoms. The fraction of sp³-hybridized carbons (Fsp3) is 0.235. The average Bonchev–Trinajstić information content (AvgIpc) is 2.52. The van der Waals surface area contributed by atoms with E-state index < -0.39 is 10.0 Å². The summed E-state index contributed by atoms with van der Waals surface area (Å²) in [5.41, 5.74) is 3.19. The third-order valence-corrected chi connectivity index (χ3v) is 4.90. The van der Waals surface area contributed by atoms with Crippen molar-refractivity contribution >= 4 is 21.6 Å². The molecule has 2 rings (SSSR count). The molecule has 0 saturated heterocycles. The van der Waals surface area contributed by atoms with Crippen LogP contribution in [0.25, 0.3) is 0 Å². The molecule has 2 aromatic rings. The Morgan fingerprint density at radius 3 is 2.26 bits per heavy atom. The smallest absolute Gasteiger partial charge is 0.251 e. The van der Waals surface area contributed by atoms with Gasteiger partial charge in [-0.05, 0) is 42.3 Å². The lowest BCUT2D eigenvalue weighted by Gasteiger charge is -2.16. The highest BCUT2D eigenvalue weighted by molar-refractivity contribution is 7.92. The van der Waals surface area contributed by atoms with Gasteiger partial charge in [-0.15, -0.1) is 0 Å². The zero-order valence-corrected chi connectivity index (χ0v) is 14.2. The summed E-state index contributed by atoms with van der Waals surface area (Å²) in [5, 5.41) is 2.86. The van der Waals surface area contributed by atoms with Crippen molar-refractivity contribution in [3.05, 3.63) is 65.2 Å². The third-order valence-electron chi connectivity index (χ3n) is 3.69. The molecule has 0 aromatic heterocycles. The molecule has 0 bridgehead atoms. The highest BCUT2D eigenvalue weighted by atomic mass is 32.2. The van der Waals surface area contributed by atoms with Crippen LogP contribution in [0, 0.1) is 6.92 Å². The first kappa shape index (κ1) is 17.0. The van der Waals surface area contributed by atoms with Crippen LogP contribution in [0.5, 0.6) is 0 Å². The van der Waals surface area contributed by atoms with Gasteiger partial charge in [0.15, 0.2) is 0 Å². The Bertz CT molecular complexity index is 799. The van der Waals surface area contributed by atoms with E-state index in [-0.39, 0.29) is 5.91 Å². The van der Waals surface area contributed by atoms with Crippen molar-refractivity contribution in [2.75, 3.05) is 17.6 Å². The van der Waals surface area contributed by atoms with Crippen molar-refractivity contribution in [2.24, 2.45) is 0 Å². The molecule has 0 unspecified atom stereocenters. The summed E-state index contributed by atoms with van der Waals surface area (Å²) >= 11 is 0. The van der Waals surface area contributed by atoms with Crippen LogP contribution in [0.4, 0.5) is 5.69 Å². The lowest BCUT2D eigenvalue weighted by Crippen LogP contribution is -2.25. The van der Waals surface area contributed by atoms with E-state index >= 15 is 0 Å². The van der Waals surface area contributed by atoms with Gasteiger partial charge in [-0.1, -0.05) is 24.3 Å². The molecule has 122 valence electrons. The van der Waals surface area contributed by atoms with E-state index in [1.807, 2.05) is 31.2 Å². The van der Waals surface area contributed by atoms with E-state index in [0.29, 0.717) is 17.8 Å². The van der Waals surface area contributed by atoms with Gasteiger partial charge in [-0.25, -0.2) is 8.42 Å². The van der Waals surface area contributed by atoms with Gasteiger partial charge in [0.2, 0.25) is 10.0 Å². The zero-order valence-electron chi connectivity index (χ0n) is 13.4. The van der Waals surface area contributed by atoms with E-state index in [2.05, 4.69) is 5.32 Å². The lowest BCUT2D eigenvalue weighted by molar-refractivity contribution is 0.0951. The van der Waals surface area contributed by atoms with Crippen LogP contribution in [0.3, 0.4) is 0 Å². The van der Waals surface area contributed by atoms with Crippen molar-refractivity contribution in [1.29, 1.82) is 0 Å². The maximum absolute atomic E-state index is 12.2. The van der Waals surface area contributed by atoms with E-state index in [1.54, 1.807) is 24.3 Å². The molecule has 0 aliphatic rings. The minimum Gasteiger partial charge on any atom is -0.348 e. The molecule has 1 N–H and O–H groups in total. The monoisotopic (exact) mass is 332 g/mol. The molecule has 2 aromatic carbocycles. The lowest BCUT2D eigenvalue weighted by atomic mass is 10.1. The molecule has 0 aliphatic carbocycles. The van der Waals surface area contributed by atoms with Crippen molar-refractivity contribution in [1.82, 2.24) is 5.32 Å². The van der Waals surface area contributed by atoms with Gasteiger partial charge in [0.1, 0.15) is 0 Å². The number of nitrogens with one attached hydrogen (secondary N) is 1. The zero-order chi connectivity index (χ0) is 17.0. The van der Waals surface area contributed by atoms with Crippen LogP contribution < -0.4 is 9.62 Å². The van der Waals surface area contributed by atoms with Crippen LogP contribution >= 0.6 is 0 Å². The predicted octanol–water partition coefficient (Wildman–Crippen LogP) is 2.32. The van der Waals surface area contributed by atoms with Crippen LogP contribution in [-0.4, -0.2) is 27.6 Å². The van der Waals surface area contributed by atoms with Crippen molar-refractivity contribution in [3.63, 3.8) is 0 Å². The normalized spacial score (nSPS) is 11.1. The molecular formula is C17H20N2O3S. The average molecular weight is 332 g/mol. The molecule has 0 heterocycles. The molecule has 0 radical (unpaired) electrons. The number of nitrogens with zero attached hydrogens (tertiary/aromatic N) is 1. The molecule has 0 atom stereocenters. The number of carbonyl (C=O) groups is 1. The molecular weight excluding hydrogens is 312 g/mol. The highest BCUT2D eigenvalue weighted by Gasteiger charge is 2.12. The standard InChI is InChI=1S/C17H20N2O3S/c1-13-6-4-5-7-15(13)12-18-17(20)14-8-10-16(11-9-14)19(2)23(3,21)22/h4-11H,12H2,1-3H3,(H,18,20). The molecule has 0 aliphatic heterocycles. The number of aryl methyl sites for hydroxylation is 1. The van der Waals surface area contributed by atoms with E-state index in [4.69, 9.17) is 0 Å². The van der Waals surface area contributed by atoms with Crippen LogP contribution in [0.2, 0.25) is 0 Å². The number of amides is 1. The number of benzene rings is 2. The summed E-state index contributed by atoms with van der Waals surface area (Å²) in [7, 11) is -1.83. The third kappa shape index (κ3) is 4.32. The number of rotatable bonds is 5. The van der Waals surface area contributed by atoms with Gasteiger partial charge in [0.05, 0.1) is 11.9 Å². The summed E-state index contributed by atoms with van der Waals surface area (Å²) in [6.07, 6.45) is 1.13. The highest BCUT2D eigenvalue weighted by Crippen LogP contribution is 2.16. The van der Waals surface area contributed by atoms with Gasteiger partial charge >= 0.3 is 0 Å². The summed E-state index contributed by atoms with van der Waals surface area (Å²) < 4.78 is 24.1. The van der Waals surface area contributed by atoms with Gasteiger partial charge in [0.25, 0.3) is 5.91 Å². The number of sulfonamides is 1. The Kier molecular flexibility index (Phi) is 5.05. The van der Waals surface area contributed by atoms with Gasteiger partial charge < -0.3 is 5.32 Å². The Morgan fingerprint density at radius 1 is 1.09 bits per heavy atom. The van der Waals surface area contributed by atoms with Gasteiger partial charge in [0, 0.05) is 19.2 Å². The molecule has 0 fully saturated rings. The van der Waals surface area contributed by atoms with E-state index in [1.165, 1.54) is 11.4 Å². The second kappa shape index (κ2) is 6.83. The first-order valence-electron chi connectivity index (χ1n) is 7.15. The summed E-state index contributed by atoms with van der Waals surface area (Å²) in [5.74, 6) is -0.193. The molecule has 5 nitrogen and oxygen atoms in total. The first-order valence-corrected chi connectivity index (χ1v) is 9.00. The molecule has 0 spiro atoms. The van der Waals surface area contributed by atoms with Crippen molar-refractivity contribution in [3.8, 4) is 0 Å². The van der Waals surface area contributed by atoms with Crippen LogP contribution in [0.1, 0.15) is 21.5 Å². The Balaban J connectivity index is 2.05. The minimum absolute atomic E-state index is 0.193. The number of hydrogen-bond donors (Lipinski definition) is 1. The second-order valence-corrected chi connectivity index (χ2v) is 7.40. The number of carbonyl (C=O) groups excluding carboxylic acids is 1. The SMILES string of the molecule is Cc1ccccc1CNC(=O)c1ccc(N(C)S(C)(=O)=O)cc1. The fourth-order valence-electron chi connectivity index (χ4n) is 2.10. The van der Waals surface area contributed by atoms with E-state index in [0.717, 1.165) is 17.4 Å². The maximum Gasteiger partial charge on any atom is 0.251 e. The predicted molar refractivity (Wildman–Crippen MR) is 92.0 cm³/mol. The van der Waals surface area contributed by atoms with Crippen molar-refractivity contribution < 1.29 is 13.2 Å². The topological polar surface area (TPSA) is 66.5 Å². The first-order chi connectivity index (χ1) is 10.8. The Hall–Kier alpha value is -2.34. The number of hydrogen-bond acceptors (Lipinski definition) is 3. The Morgan fingerprint density at radius 2 is 1.70 bits per heavy atom. The molecule has 0 saturated carbocycles.